The lowest BCUT2D eigenvalue weighted by atomic mass is 10.1. The van der Waals surface area contributed by atoms with Crippen molar-refractivity contribution in [2.24, 2.45) is 21.1 Å². The van der Waals surface area contributed by atoms with Gasteiger partial charge in [-0.15, -0.1) is 0 Å². The Balaban J connectivity index is 0.000000353. The molecule has 0 fully saturated rings. The zero-order valence-electron chi connectivity index (χ0n) is 74.5. The lowest BCUT2D eigenvalue weighted by Gasteiger charge is -2.21. The molecule has 42 heteroatoms. The van der Waals surface area contributed by atoms with Crippen LogP contribution in [-0.2, 0) is 114 Å². The first-order valence-electron chi connectivity index (χ1n) is 38.4. The maximum Gasteiger partial charge on any atom is 0.446 e. The predicted octanol–water partition coefficient (Wildman–Crippen LogP) is 8.62. The van der Waals surface area contributed by atoms with Gasteiger partial charge in [-0.2, -0.15) is 39.3 Å². The van der Waals surface area contributed by atoms with E-state index in [1.54, 1.807) is 92.0 Å². The maximum absolute atomic E-state index is 13.1. The zero-order chi connectivity index (χ0) is 96.0. The van der Waals surface area contributed by atoms with E-state index in [9.17, 15) is 80.4 Å². The van der Waals surface area contributed by atoms with Gasteiger partial charge in [0.05, 0.1) is 85.8 Å². The first-order chi connectivity index (χ1) is 59.2. The number of hydrogen-bond acceptors (Lipinski definition) is 22. The van der Waals surface area contributed by atoms with Crippen LogP contribution in [0.2, 0.25) is 0 Å². The highest BCUT2D eigenvalue weighted by atomic mass is 32.2. The van der Waals surface area contributed by atoms with E-state index >= 15 is 0 Å². The summed E-state index contributed by atoms with van der Waals surface area (Å²) in [6.45, 7) is 15.7. The van der Waals surface area contributed by atoms with Crippen LogP contribution in [0.15, 0.2) is 142 Å². The Bertz CT molecular complexity index is 5270. The minimum absolute atomic E-state index is 0.133. The number of likely N-dealkylation sites (N-methyl/N-ethyl adjacent to an activating group) is 5. The van der Waals surface area contributed by atoms with Crippen LogP contribution < -0.4 is 35.5 Å². The largest absolute Gasteiger partial charge is 0.497 e. The molecule has 0 unspecified atom stereocenters. The number of hydrogen-bond donors (Lipinski definition) is 4. The van der Waals surface area contributed by atoms with Crippen LogP contribution in [0, 0.1) is 62.3 Å². The van der Waals surface area contributed by atoms with Crippen LogP contribution >= 0.6 is 0 Å². The summed E-state index contributed by atoms with van der Waals surface area (Å²) in [5, 5.41) is 10.4. The Morgan fingerprint density at radius 3 is 0.874 bits per heavy atom. The van der Waals surface area contributed by atoms with Gasteiger partial charge in [0.25, 0.3) is 6.47 Å². The number of imidazole rings is 3. The Kier molecular flexibility index (Phi) is 40.9. The van der Waals surface area contributed by atoms with Crippen molar-refractivity contribution in [3.63, 3.8) is 0 Å². The standard InChI is InChI=1S/2C27H35N5O5S.C14H20N2O6S.C13H17N3.2C2HF3O/c2*1-18-12-23(37-7)13-19(2)27(18)38(35,36)32(6)17-25(33)28-14-26(34)31(5)15-21-8-10-22(11-9-21)24-16-30(4)20(3)29-24;1-10-5-12(21-4)6-11(2)14(10)23(19,20)16(3)7-13(18)15-8-22-9-17;1-10-15-13(9-16(10)3)12-6-4-11(5-7-12)8-14-2;2*3-2(4,5)1-6/h2*8-13,16H,14-15,17H2,1-7H3,(H,28,33);5-6,9H,7-8H2,1-4H3,(H,15,18);4-7,9,14H,8H2,1-3H3;2*1H. The van der Waals surface area contributed by atoms with Gasteiger partial charge in [0.1, 0.15) is 34.7 Å². The molecule has 0 radical (unpaired) electrons. The number of carbonyl (C=O) groups excluding carboxylic acids is 8. The van der Waals surface area contributed by atoms with Crippen molar-refractivity contribution in [3.05, 3.63) is 195 Å². The second-order valence-corrected chi connectivity index (χ2v) is 34.9. The number of methoxy groups -OCH3 is 3. The van der Waals surface area contributed by atoms with Gasteiger partial charge in [-0.25, -0.2) is 40.2 Å². The van der Waals surface area contributed by atoms with Crippen LogP contribution in [0.5, 0.6) is 17.2 Å². The molecule has 0 bridgehead atoms. The Morgan fingerprint density at radius 2 is 0.661 bits per heavy atom. The molecule has 5 amide bonds. The number of nitrogens with one attached hydrogen (secondary N) is 4. The molecule has 0 saturated carbocycles. The number of alkyl halides is 6. The number of nitrogens with zero attached hydrogens (tertiary/aromatic N) is 11. The molecule has 6 aromatic carbocycles. The number of sulfonamides is 3. The molecule has 0 aliphatic heterocycles. The molecule has 9 aromatic rings. The molecule has 0 saturated heterocycles. The number of aryl methyl sites for hydroxylation is 12. The van der Waals surface area contributed by atoms with E-state index in [-0.39, 0.29) is 52.8 Å². The van der Waals surface area contributed by atoms with Gasteiger partial charge >= 0.3 is 12.4 Å². The van der Waals surface area contributed by atoms with Crippen molar-refractivity contribution >= 4 is 78.7 Å². The first-order valence-corrected chi connectivity index (χ1v) is 42.7. The smallest absolute Gasteiger partial charge is 0.446 e. The van der Waals surface area contributed by atoms with E-state index in [0.29, 0.717) is 63.7 Å². The van der Waals surface area contributed by atoms with Crippen molar-refractivity contribution in [1.82, 2.24) is 72.6 Å². The van der Waals surface area contributed by atoms with E-state index in [0.717, 1.165) is 76.3 Å². The quantitative estimate of drug-likeness (QED) is 0.0137. The van der Waals surface area contributed by atoms with E-state index < -0.39 is 92.4 Å². The Labute approximate surface area is 735 Å². The molecular formula is C85H109F6N15O18S3. The molecule has 4 N–H and O–H groups in total. The molecular weight excluding hydrogens is 1730 g/mol. The summed E-state index contributed by atoms with van der Waals surface area (Å²) < 4.78 is 169. The number of benzene rings is 6. The van der Waals surface area contributed by atoms with Crippen LogP contribution in [0.3, 0.4) is 0 Å². The van der Waals surface area contributed by atoms with Crippen molar-refractivity contribution in [2.75, 3.05) is 103 Å². The van der Waals surface area contributed by atoms with Crippen molar-refractivity contribution in [3.8, 4) is 51.0 Å². The Morgan fingerprint density at radius 1 is 0.417 bits per heavy atom. The summed E-state index contributed by atoms with van der Waals surface area (Å²) in [5.74, 6) is 2.24. The lowest BCUT2D eigenvalue weighted by Crippen LogP contribution is -2.43. The first kappa shape index (κ1) is 107. The zero-order valence-corrected chi connectivity index (χ0v) is 76.9. The van der Waals surface area contributed by atoms with Crippen LogP contribution in [-0.4, -0.2) is 241 Å². The van der Waals surface area contributed by atoms with Crippen LogP contribution in [0.25, 0.3) is 33.8 Å². The fraction of sp³-hybridized carbons (Fsp3) is 0.376. The van der Waals surface area contributed by atoms with Crippen molar-refractivity contribution < 1.29 is 109 Å². The van der Waals surface area contributed by atoms with Crippen molar-refractivity contribution in [1.29, 1.82) is 0 Å². The van der Waals surface area contributed by atoms with Gasteiger partial charge in [0, 0.05) is 111 Å². The van der Waals surface area contributed by atoms with E-state index in [1.807, 2.05) is 124 Å². The minimum Gasteiger partial charge on any atom is -0.497 e. The van der Waals surface area contributed by atoms with Gasteiger partial charge in [-0.05, 0) is 156 Å². The molecule has 0 aliphatic rings. The van der Waals surface area contributed by atoms with E-state index in [1.165, 1.54) is 63.4 Å². The average molecular weight is 1840 g/mol. The van der Waals surface area contributed by atoms with Gasteiger partial charge in [-0.3, -0.25) is 38.4 Å². The minimum atomic E-state index is -4.64. The number of ether oxygens (including phenoxy) is 4. The van der Waals surface area contributed by atoms with Gasteiger partial charge in [0.2, 0.25) is 72.2 Å². The molecule has 3 aromatic heterocycles. The summed E-state index contributed by atoms with van der Waals surface area (Å²) in [5.41, 5.74) is 12.2. The molecule has 0 aliphatic carbocycles. The molecule has 127 heavy (non-hydrogen) atoms. The third-order valence-corrected chi connectivity index (χ3v) is 25.1. The summed E-state index contributed by atoms with van der Waals surface area (Å²) in [6.07, 6.45) is -5.42. The van der Waals surface area contributed by atoms with E-state index in [4.69, 9.17) is 23.8 Å². The highest BCUT2D eigenvalue weighted by molar-refractivity contribution is 7.89. The van der Waals surface area contributed by atoms with Crippen LogP contribution in [0.1, 0.15) is 67.5 Å². The fourth-order valence-electron chi connectivity index (χ4n) is 12.0. The summed E-state index contributed by atoms with van der Waals surface area (Å²) >= 11 is 0. The number of halogens is 6. The SMILES string of the molecule is CNCc1ccc(-c2cn(C)c(C)n2)cc1.COc1cc(C)c(S(=O)(=O)N(C)CC(=O)NCC(=O)N(C)Cc2ccc(-c3cn(C)c(C)n3)cc2)c(C)c1.COc1cc(C)c(S(=O)(=O)N(C)CC(=O)NCC(=O)N(C)Cc2ccc(-c3cn(C)c(C)n3)cc2)c(C)c1.COc1cc(C)c(S(=O)(=O)N(C)CC(=O)NCOC=O)c(C)c1.O=CC(F)(F)F.O=CC(F)(F)F. The summed E-state index contributed by atoms with van der Waals surface area (Å²) in [6, 6.07) is 33.9. The highest BCUT2D eigenvalue weighted by Gasteiger charge is 2.32. The third kappa shape index (κ3) is 32.9. The number of rotatable bonds is 31. The third-order valence-electron chi connectivity index (χ3n) is 18.8. The monoisotopic (exact) mass is 1840 g/mol. The molecule has 692 valence electrons. The van der Waals surface area contributed by atoms with Gasteiger partial charge in [0.15, 0.2) is 6.73 Å². The Hall–Kier alpha value is -12.2. The van der Waals surface area contributed by atoms with Gasteiger partial charge < -0.3 is 63.7 Å². The highest BCUT2D eigenvalue weighted by Crippen LogP contribution is 2.32. The topological polar surface area (TPSA) is 394 Å². The van der Waals surface area contributed by atoms with Crippen LogP contribution in [0.4, 0.5) is 26.3 Å². The molecule has 0 atom stereocenters. The summed E-state index contributed by atoms with van der Waals surface area (Å²) in [7, 11) is 7.96. The molecule has 33 nitrogen and oxygen atoms in total. The van der Waals surface area contributed by atoms with E-state index in [2.05, 4.69) is 71.4 Å². The second-order valence-electron chi connectivity index (χ2n) is 28.9. The predicted molar refractivity (Wildman–Crippen MR) is 463 cm³/mol. The molecule has 9 rings (SSSR count). The second kappa shape index (κ2) is 48.5. The fourth-order valence-corrected chi connectivity index (χ4v) is 16.5. The number of carbonyl (C=O) groups is 8. The molecule has 0 spiro atoms. The number of aromatic nitrogens is 6. The number of amides is 5. The summed E-state index contributed by atoms with van der Waals surface area (Å²) in [4.78, 5) is 106. The maximum atomic E-state index is 13.1. The lowest BCUT2D eigenvalue weighted by molar-refractivity contribution is -0.156. The average Bonchev–Trinajstić information content (AvgIpc) is 1.68. The normalized spacial score (nSPS) is 11.3. The number of aldehydes is 2. The van der Waals surface area contributed by atoms with Crippen molar-refractivity contribution in [2.45, 2.75) is 109 Å². The van der Waals surface area contributed by atoms with Gasteiger partial charge in [-0.1, -0.05) is 72.8 Å². The molecule has 3 heterocycles.